The fourth-order valence-electron chi connectivity index (χ4n) is 2.63. The molecule has 0 atom stereocenters. The molecule has 1 heterocycles. The highest BCUT2D eigenvalue weighted by atomic mass is 79.9. The highest BCUT2D eigenvalue weighted by Gasteiger charge is 2.21. The zero-order chi connectivity index (χ0) is 18.1. The lowest BCUT2D eigenvalue weighted by molar-refractivity contribution is 0.102. The zero-order valence-electron chi connectivity index (χ0n) is 13.5. The molecule has 0 aliphatic rings. The third kappa shape index (κ3) is 3.52. The van der Waals surface area contributed by atoms with E-state index in [1.54, 1.807) is 11.6 Å². The van der Waals surface area contributed by atoms with Gasteiger partial charge in [0.15, 0.2) is 0 Å². The summed E-state index contributed by atoms with van der Waals surface area (Å²) >= 11 is 6.54. The van der Waals surface area contributed by atoms with Gasteiger partial charge < -0.3 is 5.32 Å². The number of amides is 1. The average Bonchev–Trinajstić information content (AvgIpc) is 2.86. The van der Waals surface area contributed by atoms with E-state index in [1.165, 1.54) is 12.1 Å². The van der Waals surface area contributed by atoms with Crippen molar-refractivity contribution in [2.45, 2.75) is 13.8 Å². The van der Waals surface area contributed by atoms with E-state index in [0.29, 0.717) is 25.9 Å². The highest BCUT2D eigenvalue weighted by Crippen LogP contribution is 2.32. The maximum absolute atomic E-state index is 13.4. The van der Waals surface area contributed by atoms with E-state index in [-0.39, 0.29) is 5.91 Å². The Balaban J connectivity index is 1.98. The van der Waals surface area contributed by atoms with Gasteiger partial charge in [-0.1, -0.05) is 18.2 Å². The molecule has 1 N–H and O–H groups in total. The van der Waals surface area contributed by atoms with Crippen LogP contribution in [0.15, 0.2) is 51.4 Å². The minimum Gasteiger partial charge on any atom is -0.320 e. The summed E-state index contributed by atoms with van der Waals surface area (Å²) in [5, 5.41) is 7.29. The molecule has 0 aliphatic carbocycles. The number of hydrogen-bond acceptors (Lipinski definition) is 2. The molecule has 1 amide bonds. The normalized spacial score (nSPS) is 10.8. The summed E-state index contributed by atoms with van der Waals surface area (Å²) < 4.78 is 16.1. The number of benzene rings is 2. The smallest absolute Gasteiger partial charge is 0.259 e. The van der Waals surface area contributed by atoms with E-state index in [2.05, 4.69) is 42.3 Å². The van der Waals surface area contributed by atoms with Crippen molar-refractivity contribution in [3.8, 4) is 5.69 Å². The molecule has 0 radical (unpaired) electrons. The monoisotopic (exact) mass is 465 g/mol. The molecule has 4 nitrogen and oxygen atoms in total. The lowest BCUT2D eigenvalue weighted by Gasteiger charge is -2.10. The molecule has 0 aliphatic heterocycles. The molecular formula is C18H14Br2FN3O. The summed E-state index contributed by atoms with van der Waals surface area (Å²) in [5.41, 5.74) is 3.19. The summed E-state index contributed by atoms with van der Waals surface area (Å²) in [6.45, 7) is 3.63. The number of anilines is 1. The topological polar surface area (TPSA) is 46.9 Å². The zero-order valence-corrected chi connectivity index (χ0v) is 16.7. The lowest BCUT2D eigenvalue weighted by Crippen LogP contribution is -2.15. The van der Waals surface area contributed by atoms with Crippen LogP contribution in [-0.4, -0.2) is 15.7 Å². The first kappa shape index (κ1) is 17.8. The molecule has 1 aromatic heterocycles. The van der Waals surface area contributed by atoms with Gasteiger partial charge in [-0.15, -0.1) is 0 Å². The van der Waals surface area contributed by atoms with E-state index in [9.17, 15) is 9.18 Å². The van der Waals surface area contributed by atoms with Crippen molar-refractivity contribution in [2.75, 3.05) is 5.32 Å². The van der Waals surface area contributed by atoms with Crippen LogP contribution in [0, 0.1) is 19.7 Å². The summed E-state index contributed by atoms with van der Waals surface area (Å²) in [5.74, 6) is -0.703. The number of aromatic nitrogens is 2. The van der Waals surface area contributed by atoms with Crippen molar-refractivity contribution in [1.29, 1.82) is 0 Å². The van der Waals surface area contributed by atoms with Crippen LogP contribution in [-0.2, 0) is 0 Å². The molecule has 0 fully saturated rings. The Morgan fingerprint density at radius 2 is 1.72 bits per heavy atom. The molecule has 3 rings (SSSR count). The third-order valence-electron chi connectivity index (χ3n) is 3.76. The summed E-state index contributed by atoms with van der Waals surface area (Å²) in [6.07, 6.45) is 0. The fraction of sp³-hybridized carbons (Fsp3) is 0.111. The Morgan fingerprint density at radius 1 is 1.12 bits per heavy atom. The van der Waals surface area contributed by atoms with Crippen molar-refractivity contribution >= 4 is 43.5 Å². The Bertz CT molecular complexity index is 931. The van der Waals surface area contributed by atoms with Gasteiger partial charge in [0.2, 0.25) is 0 Å². The minimum atomic E-state index is -0.402. The molecule has 0 spiro atoms. The van der Waals surface area contributed by atoms with Gasteiger partial charge in [0, 0.05) is 8.95 Å². The second-order valence-electron chi connectivity index (χ2n) is 5.49. The van der Waals surface area contributed by atoms with Gasteiger partial charge in [-0.25, -0.2) is 9.07 Å². The van der Waals surface area contributed by atoms with Crippen LogP contribution in [0.5, 0.6) is 0 Å². The van der Waals surface area contributed by atoms with E-state index in [1.807, 2.05) is 37.3 Å². The van der Waals surface area contributed by atoms with E-state index in [0.717, 1.165) is 11.4 Å². The molecule has 0 unspecified atom stereocenters. The Labute approximate surface area is 161 Å². The second-order valence-corrected chi connectivity index (χ2v) is 7.20. The average molecular weight is 467 g/mol. The lowest BCUT2D eigenvalue weighted by atomic mass is 10.1. The van der Waals surface area contributed by atoms with Crippen LogP contribution >= 0.6 is 31.9 Å². The third-order valence-corrected chi connectivity index (χ3v) is 5.02. The van der Waals surface area contributed by atoms with Crippen LogP contribution in [0.2, 0.25) is 0 Å². The first-order valence-corrected chi connectivity index (χ1v) is 9.04. The minimum absolute atomic E-state index is 0.301. The number of rotatable bonds is 3. The van der Waals surface area contributed by atoms with Gasteiger partial charge in [0.05, 0.1) is 28.3 Å². The van der Waals surface area contributed by atoms with Crippen LogP contribution in [0.1, 0.15) is 21.7 Å². The Hall–Kier alpha value is -1.99. The highest BCUT2D eigenvalue weighted by molar-refractivity contribution is 9.11. The SMILES string of the molecule is Cc1nn(-c2ccccc2)c(C)c1C(=O)Nc1c(Br)cc(F)cc1Br. The second kappa shape index (κ2) is 7.09. The fourth-order valence-corrected chi connectivity index (χ4v) is 3.96. The number of halogens is 3. The van der Waals surface area contributed by atoms with Gasteiger partial charge in [-0.05, 0) is 70.0 Å². The molecule has 0 saturated carbocycles. The van der Waals surface area contributed by atoms with Gasteiger partial charge in [0.1, 0.15) is 5.82 Å². The molecular weight excluding hydrogens is 453 g/mol. The standard InChI is InChI=1S/C18H14Br2FN3O/c1-10-16(11(2)24(23-10)13-6-4-3-5-7-13)18(25)22-17-14(19)8-12(21)9-15(17)20/h3-9H,1-2H3,(H,22,25). The Kier molecular flexibility index (Phi) is 5.06. The van der Waals surface area contributed by atoms with Crippen molar-refractivity contribution < 1.29 is 9.18 Å². The van der Waals surface area contributed by atoms with E-state index < -0.39 is 5.82 Å². The predicted molar refractivity (Wildman–Crippen MR) is 103 cm³/mol. The van der Waals surface area contributed by atoms with Crippen molar-refractivity contribution in [3.05, 3.63) is 74.2 Å². The number of para-hydroxylation sites is 1. The number of hydrogen-bond donors (Lipinski definition) is 1. The number of nitrogens with zero attached hydrogens (tertiary/aromatic N) is 2. The van der Waals surface area contributed by atoms with Crippen molar-refractivity contribution in [2.24, 2.45) is 0 Å². The molecule has 128 valence electrons. The first-order valence-electron chi connectivity index (χ1n) is 7.46. The quantitative estimate of drug-likeness (QED) is 0.561. The number of carbonyl (C=O) groups excluding carboxylic acids is 1. The van der Waals surface area contributed by atoms with Crippen LogP contribution in [0.4, 0.5) is 10.1 Å². The molecule has 0 saturated heterocycles. The van der Waals surface area contributed by atoms with Gasteiger partial charge >= 0.3 is 0 Å². The number of carbonyl (C=O) groups is 1. The molecule has 7 heteroatoms. The van der Waals surface area contributed by atoms with E-state index >= 15 is 0 Å². The number of aryl methyl sites for hydroxylation is 1. The van der Waals surface area contributed by atoms with Crippen molar-refractivity contribution in [1.82, 2.24) is 9.78 Å². The van der Waals surface area contributed by atoms with Gasteiger partial charge in [-0.2, -0.15) is 5.10 Å². The maximum Gasteiger partial charge on any atom is 0.259 e. The predicted octanol–water partition coefficient (Wildman–Crippen LogP) is 5.41. The van der Waals surface area contributed by atoms with Crippen LogP contribution in [0.25, 0.3) is 5.69 Å². The molecule has 25 heavy (non-hydrogen) atoms. The summed E-state index contributed by atoms with van der Waals surface area (Å²) in [6, 6.07) is 12.2. The largest absolute Gasteiger partial charge is 0.320 e. The summed E-state index contributed by atoms with van der Waals surface area (Å²) in [7, 11) is 0. The van der Waals surface area contributed by atoms with Crippen LogP contribution < -0.4 is 5.32 Å². The van der Waals surface area contributed by atoms with Crippen LogP contribution in [0.3, 0.4) is 0 Å². The molecule has 3 aromatic rings. The first-order chi connectivity index (χ1) is 11.9. The maximum atomic E-state index is 13.4. The van der Waals surface area contributed by atoms with Gasteiger partial charge in [0.25, 0.3) is 5.91 Å². The summed E-state index contributed by atoms with van der Waals surface area (Å²) in [4.78, 5) is 12.8. The van der Waals surface area contributed by atoms with Gasteiger partial charge in [-0.3, -0.25) is 4.79 Å². The number of nitrogens with one attached hydrogen (secondary N) is 1. The Morgan fingerprint density at radius 3 is 2.32 bits per heavy atom. The molecule has 2 aromatic carbocycles. The van der Waals surface area contributed by atoms with E-state index in [4.69, 9.17) is 0 Å². The van der Waals surface area contributed by atoms with Crippen molar-refractivity contribution in [3.63, 3.8) is 0 Å². The molecule has 0 bridgehead atoms.